The lowest BCUT2D eigenvalue weighted by Crippen LogP contribution is -2.21. The van der Waals surface area contributed by atoms with Crippen molar-refractivity contribution in [1.82, 2.24) is 0 Å². The van der Waals surface area contributed by atoms with Crippen LogP contribution in [0.25, 0.3) is 10.8 Å². The monoisotopic (exact) mass is 470 g/mol. The molecule has 1 fully saturated rings. The van der Waals surface area contributed by atoms with Gasteiger partial charge in [-0.25, -0.2) is 8.42 Å². The minimum Gasteiger partial charge on any atom is -0.741 e. The molecule has 0 N–H and O–H groups in total. The van der Waals surface area contributed by atoms with Crippen LogP contribution in [0.2, 0.25) is 0 Å². The first-order valence-corrected chi connectivity index (χ1v) is 12.5. The molecule has 0 saturated carbocycles. The Labute approximate surface area is 182 Å². The molecule has 0 radical (unpaired) electrons. The number of rotatable bonds is 4. The molecule has 0 aromatic heterocycles. The highest BCUT2D eigenvalue weighted by Gasteiger charge is 2.37. The van der Waals surface area contributed by atoms with Crippen molar-refractivity contribution in [3.63, 3.8) is 0 Å². The van der Waals surface area contributed by atoms with Gasteiger partial charge in [-0.3, -0.25) is 0 Å². The second-order valence-electron chi connectivity index (χ2n) is 6.92. The smallest absolute Gasteiger partial charge is 0.485 e. The minimum absolute atomic E-state index is 0.431. The van der Waals surface area contributed by atoms with Gasteiger partial charge in [0.25, 0.3) is 0 Å². The van der Waals surface area contributed by atoms with Crippen LogP contribution in [0.1, 0.15) is 18.4 Å². The van der Waals surface area contributed by atoms with Crippen LogP contribution in [0.3, 0.4) is 0 Å². The van der Waals surface area contributed by atoms with Gasteiger partial charge >= 0.3 is 5.51 Å². The molecule has 31 heavy (non-hydrogen) atoms. The molecule has 0 atom stereocenters. The molecule has 0 unspecified atom stereocenters. The Morgan fingerprint density at radius 2 is 1.58 bits per heavy atom. The van der Waals surface area contributed by atoms with E-state index in [-0.39, 0.29) is 0 Å². The molecule has 4 nitrogen and oxygen atoms in total. The summed E-state index contributed by atoms with van der Waals surface area (Å²) in [4.78, 5) is 1.53. The Kier molecular flexibility index (Phi) is 7.51. The molecule has 1 aliphatic rings. The first kappa shape index (κ1) is 23.4. The van der Waals surface area contributed by atoms with E-state index in [1.165, 1.54) is 45.6 Å². The second kappa shape index (κ2) is 9.93. The lowest BCUT2D eigenvalue weighted by Gasteiger charge is -2.09. The van der Waals surface area contributed by atoms with Crippen LogP contribution in [0, 0.1) is 0 Å². The van der Waals surface area contributed by atoms with E-state index in [1.807, 2.05) is 6.07 Å². The van der Waals surface area contributed by atoms with Crippen LogP contribution in [-0.2, 0) is 27.6 Å². The van der Waals surface area contributed by atoms with Crippen molar-refractivity contribution in [3.05, 3.63) is 72.3 Å². The summed E-state index contributed by atoms with van der Waals surface area (Å²) in [6.45, 7) is 0.625. The molecule has 0 spiro atoms. The fourth-order valence-electron chi connectivity index (χ4n) is 3.18. The van der Waals surface area contributed by atoms with E-state index in [1.54, 1.807) is 0 Å². The SMILES string of the molecule is O=S(=O)([O-])C(F)(F)F.c1ccc(COc2ccc3cccc([S+]4CCCC4)c3c2)cc1. The molecule has 3 aromatic rings. The zero-order chi connectivity index (χ0) is 22.5. The summed E-state index contributed by atoms with van der Waals surface area (Å²) in [6.07, 6.45) is 2.76. The predicted octanol–water partition coefficient (Wildman–Crippen LogP) is 5.24. The van der Waals surface area contributed by atoms with E-state index < -0.39 is 15.6 Å². The predicted molar refractivity (Wildman–Crippen MR) is 115 cm³/mol. The normalized spacial score (nSPS) is 14.8. The summed E-state index contributed by atoms with van der Waals surface area (Å²) < 4.78 is 64.9. The quantitative estimate of drug-likeness (QED) is 0.297. The van der Waals surface area contributed by atoms with Crippen molar-refractivity contribution in [2.24, 2.45) is 0 Å². The number of ether oxygens (including phenoxy) is 1. The maximum Gasteiger partial charge on any atom is 0.485 e. The largest absolute Gasteiger partial charge is 0.741 e. The van der Waals surface area contributed by atoms with Crippen molar-refractivity contribution < 1.29 is 30.9 Å². The molecule has 0 amide bonds. The molecule has 0 bridgehead atoms. The highest BCUT2D eigenvalue weighted by Crippen LogP contribution is 2.32. The lowest BCUT2D eigenvalue weighted by atomic mass is 10.1. The highest BCUT2D eigenvalue weighted by atomic mass is 32.2. The van der Waals surface area contributed by atoms with Crippen LogP contribution in [0.5, 0.6) is 5.75 Å². The Morgan fingerprint density at radius 1 is 0.935 bits per heavy atom. The molecule has 1 aliphatic heterocycles. The summed E-state index contributed by atoms with van der Waals surface area (Å²) in [5.41, 5.74) is -4.44. The van der Waals surface area contributed by atoms with Gasteiger partial charge in [0.2, 0.25) is 0 Å². The Balaban J connectivity index is 0.000000293. The lowest BCUT2D eigenvalue weighted by molar-refractivity contribution is -0.0517. The average Bonchev–Trinajstić information content (AvgIpc) is 3.26. The summed E-state index contributed by atoms with van der Waals surface area (Å²) in [5, 5.41) is 2.71. The van der Waals surface area contributed by atoms with E-state index in [2.05, 4.69) is 60.7 Å². The van der Waals surface area contributed by atoms with Crippen molar-refractivity contribution in [1.29, 1.82) is 0 Å². The van der Waals surface area contributed by atoms with Crippen molar-refractivity contribution in [3.8, 4) is 5.75 Å². The first-order valence-electron chi connectivity index (χ1n) is 9.54. The molecular formula is C22H21F3O4S2. The zero-order valence-electron chi connectivity index (χ0n) is 16.5. The van der Waals surface area contributed by atoms with Crippen LogP contribution < -0.4 is 4.74 Å². The summed E-state index contributed by atoms with van der Waals surface area (Å²) in [6, 6.07) is 23.6. The van der Waals surface area contributed by atoms with Gasteiger partial charge in [-0.15, -0.1) is 0 Å². The Morgan fingerprint density at radius 3 is 2.19 bits per heavy atom. The third-order valence-electron chi connectivity index (χ3n) is 4.69. The summed E-state index contributed by atoms with van der Waals surface area (Å²) in [7, 11) is -5.66. The Hall–Kier alpha value is -2.23. The van der Waals surface area contributed by atoms with E-state index >= 15 is 0 Å². The Bertz CT molecular complexity index is 1110. The second-order valence-corrected chi connectivity index (χ2v) is 10.5. The number of fused-ring (bicyclic) bond motifs is 1. The fraction of sp³-hybridized carbons (Fsp3) is 0.273. The average molecular weight is 471 g/mol. The highest BCUT2D eigenvalue weighted by molar-refractivity contribution is 7.97. The van der Waals surface area contributed by atoms with E-state index in [4.69, 9.17) is 17.7 Å². The summed E-state index contributed by atoms with van der Waals surface area (Å²) in [5.74, 6) is 3.68. The maximum absolute atomic E-state index is 10.7. The summed E-state index contributed by atoms with van der Waals surface area (Å²) >= 11 is 0. The van der Waals surface area contributed by atoms with Gasteiger partial charge in [0.1, 0.15) is 23.9 Å². The van der Waals surface area contributed by atoms with Gasteiger partial charge in [-0.2, -0.15) is 13.2 Å². The van der Waals surface area contributed by atoms with Crippen LogP contribution in [-0.4, -0.2) is 30.0 Å². The molecular weight excluding hydrogens is 449 g/mol. The zero-order valence-corrected chi connectivity index (χ0v) is 18.1. The standard InChI is InChI=1S/C21H21OS.CHF3O3S/c1-2-7-17(8-3-1)16-22-19-12-11-18-9-6-10-21(20(18)15-19)23-13-4-5-14-23;2-1(3,4)8(5,6)7/h1-3,6-12,15H,4-5,13-14,16H2;(H,5,6,7)/q+1;/p-1. The van der Waals surface area contributed by atoms with Crippen molar-refractivity contribution >= 4 is 31.8 Å². The molecule has 3 aromatic carbocycles. The van der Waals surface area contributed by atoms with E-state index in [0.717, 1.165) is 5.75 Å². The van der Waals surface area contributed by atoms with E-state index in [9.17, 15) is 13.2 Å². The van der Waals surface area contributed by atoms with Gasteiger partial charge in [0.15, 0.2) is 15.0 Å². The third-order valence-corrected chi connectivity index (χ3v) is 7.80. The van der Waals surface area contributed by atoms with Gasteiger partial charge in [0, 0.05) is 16.3 Å². The number of hydrogen-bond donors (Lipinski definition) is 0. The molecule has 1 saturated heterocycles. The van der Waals surface area contributed by atoms with Crippen molar-refractivity contribution in [2.45, 2.75) is 29.9 Å². The maximum atomic E-state index is 10.7. The number of hydrogen-bond acceptors (Lipinski definition) is 4. The topological polar surface area (TPSA) is 66.4 Å². The molecule has 166 valence electrons. The van der Waals surface area contributed by atoms with Gasteiger partial charge in [-0.1, -0.05) is 48.5 Å². The molecule has 9 heteroatoms. The molecule has 4 rings (SSSR count). The number of benzene rings is 3. The molecule has 0 aliphatic carbocycles. The third kappa shape index (κ3) is 6.38. The molecule has 1 heterocycles. The minimum atomic E-state index is -6.09. The number of halogens is 3. The van der Waals surface area contributed by atoms with Gasteiger partial charge < -0.3 is 9.29 Å². The van der Waals surface area contributed by atoms with E-state index in [0.29, 0.717) is 17.5 Å². The van der Waals surface area contributed by atoms with Crippen LogP contribution >= 0.6 is 0 Å². The number of alkyl halides is 3. The van der Waals surface area contributed by atoms with Crippen LogP contribution in [0.15, 0.2) is 71.6 Å². The fourth-order valence-corrected chi connectivity index (χ4v) is 5.69. The van der Waals surface area contributed by atoms with Crippen LogP contribution in [0.4, 0.5) is 13.2 Å². The van der Waals surface area contributed by atoms with Crippen molar-refractivity contribution in [2.75, 3.05) is 11.5 Å². The first-order chi connectivity index (χ1) is 14.6. The van der Waals surface area contributed by atoms with Gasteiger partial charge in [0.05, 0.1) is 0 Å². The van der Waals surface area contributed by atoms with Gasteiger partial charge in [-0.05, 0) is 42.0 Å².